The van der Waals surface area contributed by atoms with Gasteiger partial charge in [0.1, 0.15) is 40.5 Å². The van der Waals surface area contributed by atoms with Gasteiger partial charge in [0.2, 0.25) is 0 Å². The van der Waals surface area contributed by atoms with Gasteiger partial charge in [-0.15, -0.1) is 0 Å². The Morgan fingerprint density at radius 3 is 2.12 bits per heavy atom. The topological polar surface area (TPSA) is 179 Å². The third kappa shape index (κ3) is 8.78. The van der Waals surface area contributed by atoms with E-state index >= 15 is 0 Å². The van der Waals surface area contributed by atoms with Crippen LogP contribution in [0, 0.1) is 0 Å². The molecule has 0 bridgehead atoms. The molecule has 16 nitrogen and oxygen atoms in total. The van der Waals surface area contributed by atoms with Gasteiger partial charge in [0.05, 0.1) is 16.6 Å². The standard InChI is InChI=1S/C39H44F3N9O7/c1-37(2,3)56-35(53)51(36(54)57-38(4,5)6)33-29-25(19-50(22-9-10-22)32(29)43-20-44-33)24-11-12-27(31-30(24)47-58-48-31)46-34(52)45-21-8-13-28(26(18-21)39(40,41)42)55-23-14-16-49(7)17-15-23/h8,11-13,18-20,22-23H,9-10,14-17H2,1-7H3,(H2,45,46,52). The van der Waals surface area contributed by atoms with Gasteiger partial charge in [-0.05, 0) is 115 Å². The summed E-state index contributed by atoms with van der Waals surface area (Å²) in [5.74, 6) is -0.411. The number of carbonyl (C=O) groups excluding carboxylic acids is 3. The molecule has 4 amide bonds. The normalized spacial score (nSPS) is 15.7. The van der Waals surface area contributed by atoms with Gasteiger partial charge in [-0.3, -0.25) is 0 Å². The molecule has 5 aromatic rings. The molecule has 0 atom stereocenters. The van der Waals surface area contributed by atoms with Gasteiger partial charge in [0.25, 0.3) is 0 Å². The van der Waals surface area contributed by atoms with Gasteiger partial charge < -0.3 is 34.3 Å². The predicted molar refractivity (Wildman–Crippen MR) is 207 cm³/mol. The van der Waals surface area contributed by atoms with Crippen molar-refractivity contribution in [3.05, 3.63) is 48.4 Å². The van der Waals surface area contributed by atoms with Crippen LogP contribution in [0.1, 0.15) is 78.8 Å². The van der Waals surface area contributed by atoms with Crippen molar-refractivity contribution in [1.29, 1.82) is 0 Å². The first-order chi connectivity index (χ1) is 27.3. The number of amides is 4. The molecule has 1 saturated heterocycles. The number of benzene rings is 2. The van der Waals surface area contributed by atoms with Crippen LogP contribution in [0.25, 0.3) is 33.2 Å². The highest BCUT2D eigenvalue weighted by Crippen LogP contribution is 2.45. The van der Waals surface area contributed by atoms with Crippen molar-refractivity contribution >= 4 is 57.5 Å². The Morgan fingerprint density at radius 2 is 1.50 bits per heavy atom. The minimum absolute atomic E-state index is 0.0823. The number of ether oxygens (including phenoxy) is 3. The summed E-state index contributed by atoms with van der Waals surface area (Å²) < 4.78 is 66.6. The zero-order valence-electron chi connectivity index (χ0n) is 33.1. The SMILES string of the molecule is CN1CCC(Oc2ccc(NC(=O)Nc3ccc(-c4cn(C5CC5)c5ncnc(N(C(=O)OC(C)(C)C)C(=O)OC(C)(C)C)c45)c4nonc34)cc2C(F)(F)F)CC1. The zero-order valence-corrected chi connectivity index (χ0v) is 33.1. The predicted octanol–water partition coefficient (Wildman–Crippen LogP) is 8.78. The maximum Gasteiger partial charge on any atom is 0.425 e. The highest BCUT2D eigenvalue weighted by Gasteiger charge is 2.38. The summed E-state index contributed by atoms with van der Waals surface area (Å²) in [4.78, 5) is 52.5. The van der Waals surface area contributed by atoms with Crippen molar-refractivity contribution in [1.82, 2.24) is 29.7 Å². The van der Waals surface area contributed by atoms with E-state index in [1.165, 1.54) is 24.5 Å². The highest BCUT2D eigenvalue weighted by molar-refractivity contribution is 6.17. The van der Waals surface area contributed by atoms with Crippen molar-refractivity contribution in [2.24, 2.45) is 0 Å². The van der Waals surface area contributed by atoms with Crippen LogP contribution < -0.4 is 20.3 Å². The highest BCUT2D eigenvalue weighted by atomic mass is 19.4. The maximum absolute atomic E-state index is 14.2. The number of imide groups is 1. The molecule has 7 rings (SSSR count). The van der Waals surface area contributed by atoms with Crippen LogP contribution in [0.3, 0.4) is 0 Å². The van der Waals surface area contributed by atoms with Gasteiger partial charge in [-0.1, -0.05) is 0 Å². The maximum atomic E-state index is 14.2. The molecule has 2 fully saturated rings. The number of rotatable bonds is 7. The number of alkyl halides is 3. The van der Waals surface area contributed by atoms with Gasteiger partial charge >= 0.3 is 24.4 Å². The van der Waals surface area contributed by atoms with E-state index in [0.29, 0.717) is 48.1 Å². The molecule has 3 aromatic heterocycles. The minimum atomic E-state index is -4.74. The first-order valence-corrected chi connectivity index (χ1v) is 18.8. The zero-order chi connectivity index (χ0) is 41.7. The lowest BCUT2D eigenvalue weighted by molar-refractivity contribution is -0.139. The fourth-order valence-electron chi connectivity index (χ4n) is 6.62. The number of fused-ring (bicyclic) bond motifs is 2. The fraction of sp³-hybridized carbons (Fsp3) is 0.462. The molecule has 308 valence electrons. The summed E-state index contributed by atoms with van der Waals surface area (Å²) in [5, 5.41) is 13.5. The minimum Gasteiger partial charge on any atom is -0.490 e. The van der Waals surface area contributed by atoms with E-state index in [4.69, 9.17) is 18.8 Å². The second-order valence-electron chi connectivity index (χ2n) is 16.4. The summed E-state index contributed by atoms with van der Waals surface area (Å²) in [5.41, 5.74) is -1.39. The van der Waals surface area contributed by atoms with Crippen LogP contribution >= 0.6 is 0 Å². The molecular weight excluding hydrogens is 763 g/mol. The Bertz CT molecular complexity index is 2340. The van der Waals surface area contributed by atoms with Gasteiger partial charge in [-0.25, -0.2) is 29.0 Å². The largest absolute Gasteiger partial charge is 0.490 e. The van der Waals surface area contributed by atoms with E-state index in [-0.39, 0.29) is 46.1 Å². The second-order valence-corrected chi connectivity index (χ2v) is 16.4. The third-order valence-electron chi connectivity index (χ3n) is 9.35. The number of piperidine rings is 1. The monoisotopic (exact) mass is 807 g/mol. The summed E-state index contributed by atoms with van der Waals surface area (Å²) in [6.07, 6.45) is -1.18. The third-order valence-corrected chi connectivity index (χ3v) is 9.35. The molecule has 0 radical (unpaired) electrons. The lowest BCUT2D eigenvalue weighted by Crippen LogP contribution is -2.44. The Labute approximate surface area is 330 Å². The average molecular weight is 808 g/mol. The van der Waals surface area contributed by atoms with Crippen molar-refractivity contribution in [3.8, 4) is 16.9 Å². The Hall–Kier alpha value is -5.98. The molecule has 58 heavy (non-hydrogen) atoms. The van der Waals surface area contributed by atoms with E-state index in [1.54, 1.807) is 47.6 Å². The van der Waals surface area contributed by atoms with Crippen LogP contribution in [-0.4, -0.2) is 85.4 Å². The van der Waals surface area contributed by atoms with Crippen molar-refractivity contribution in [3.63, 3.8) is 0 Å². The molecule has 1 aliphatic carbocycles. The van der Waals surface area contributed by atoms with Crippen LogP contribution in [0.5, 0.6) is 5.75 Å². The number of carbonyl (C=O) groups is 3. The number of urea groups is 1. The molecule has 2 aliphatic rings. The van der Waals surface area contributed by atoms with Crippen molar-refractivity contribution < 1.29 is 46.4 Å². The summed E-state index contributed by atoms with van der Waals surface area (Å²) >= 11 is 0. The molecule has 0 unspecified atom stereocenters. The van der Waals surface area contributed by atoms with E-state index in [9.17, 15) is 27.6 Å². The lowest BCUT2D eigenvalue weighted by atomic mass is 10.0. The fourth-order valence-corrected chi connectivity index (χ4v) is 6.62. The summed E-state index contributed by atoms with van der Waals surface area (Å²) in [6, 6.07) is 5.72. The molecule has 1 saturated carbocycles. The lowest BCUT2D eigenvalue weighted by Gasteiger charge is -2.30. The van der Waals surface area contributed by atoms with Crippen molar-refractivity contribution in [2.45, 2.75) is 96.7 Å². The summed E-state index contributed by atoms with van der Waals surface area (Å²) in [6.45, 7) is 11.4. The Balaban J connectivity index is 1.22. The molecule has 0 spiro atoms. The van der Waals surface area contributed by atoms with Crippen LogP contribution in [0.15, 0.2) is 47.5 Å². The molecule has 2 N–H and O–H groups in total. The quantitative estimate of drug-likeness (QED) is 0.160. The van der Waals surface area contributed by atoms with Gasteiger partial charge in [0.15, 0.2) is 11.3 Å². The van der Waals surface area contributed by atoms with Crippen LogP contribution in [-0.2, 0) is 15.7 Å². The Kier molecular flexibility index (Phi) is 10.5. The number of halogens is 3. The number of hydrogen-bond acceptors (Lipinski definition) is 12. The van der Waals surface area contributed by atoms with E-state index < -0.39 is 41.2 Å². The van der Waals surface area contributed by atoms with Crippen molar-refractivity contribution in [2.75, 3.05) is 35.7 Å². The number of nitrogens with zero attached hydrogens (tertiary/aromatic N) is 7. The van der Waals surface area contributed by atoms with Crippen LogP contribution in [0.4, 0.5) is 44.7 Å². The molecule has 19 heteroatoms. The first-order valence-electron chi connectivity index (χ1n) is 18.8. The number of aromatic nitrogens is 5. The molecule has 4 heterocycles. The first kappa shape index (κ1) is 40.2. The van der Waals surface area contributed by atoms with Gasteiger partial charge in [-0.2, -0.15) is 18.1 Å². The number of hydrogen-bond donors (Lipinski definition) is 2. The number of likely N-dealkylation sites (tertiary alicyclic amines) is 1. The molecule has 2 aromatic carbocycles. The number of nitrogens with one attached hydrogen (secondary N) is 2. The van der Waals surface area contributed by atoms with E-state index in [2.05, 4.69) is 35.8 Å². The van der Waals surface area contributed by atoms with Crippen LogP contribution in [0.2, 0.25) is 0 Å². The molecular formula is C39H44F3N9O7. The smallest absolute Gasteiger partial charge is 0.425 e. The van der Waals surface area contributed by atoms with E-state index in [1.807, 2.05) is 17.8 Å². The van der Waals surface area contributed by atoms with E-state index in [0.717, 1.165) is 23.8 Å². The summed E-state index contributed by atoms with van der Waals surface area (Å²) in [7, 11) is 1.94. The Morgan fingerprint density at radius 1 is 0.845 bits per heavy atom. The second kappa shape index (κ2) is 15.1. The van der Waals surface area contributed by atoms with Gasteiger partial charge in [0, 0.05) is 42.1 Å². The number of anilines is 3. The average Bonchev–Trinajstić information content (AvgIpc) is 3.69. The molecule has 1 aliphatic heterocycles.